The fourth-order valence-corrected chi connectivity index (χ4v) is 0.215. The lowest BCUT2D eigenvalue weighted by Gasteiger charge is -1.96. The molecule has 0 fully saturated rings. The third-order valence-electron chi connectivity index (χ3n) is 0.512. The molecule has 0 aliphatic rings. The van der Waals surface area contributed by atoms with Crippen molar-refractivity contribution in [1.82, 2.24) is 5.48 Å². The number of hydrogen-bond acceptors (Lipinski definition) is 3. The van der Waals surface area contributed by atoms with Crippen LogP contribution in [0, 0.1) is 0 Å². The normalized spacial score (nSPS) is 8.62. The van der Waals surface area contributed by atoms with Gasteiger partial charge in [0.05, 0.1) is 0 Å². The molecule has 4 nitrogen and oxygen atoms in total. The van der Waals surface area contributed by atoms with E-state index in [0.29, 0.717) is 6.54 Å². The molecule has 0 aliphatic heterocycles. The minimum absolute atomic E-state index is 0.562. The van der Waals surface area contributed by atoms with E-state index in [1.165, 1.54) is 0 Å². The lowest BCUT2D eigenvalue weighted by atomic mass is 10.5. The SMILES string of the molecule is CCCNOC(=O)O. The largest absolute Gasteiger partial charge is 0.525 e. The van der Waals surface area contributed by atoms with Gasteiger partial charge >= 0.3 is 6.16 Å². The first-order valence-electron chi connectivity index (χ1n) is 2.40. The van der Waals surface area contributed by atoms with Crippen molar-refractivity contribution >= 4 is 6.16 Å². The Balaban J connectivity index is 2.82. The van der Waals surface area contributed by atoms with Crippen molar-refractivity contribution in [2.75, 3.05) is 6.54 Å². The third kappa shape index (κ3) is 5.23. The zero-order chi connectivity index (χ0) is 6.41. The monoisotopic (exact) mass is 119 g/mol. The minimum Gasteiger partial charge on any atom is -0.448 e. The standard InChI is InChI=1S/C4H9NO3/c1-2-3-5-8-4(6)7/h5H,2-3H2,1H3,(H,6,7). The summed E-state index contributed by atoms with van der Waals surface area (Å²) < 4.78 is 0. The first-order chi connectivity index (χ1) is 3.77. The smallest absolute Gasteiger partial charge is 0.448 e. The molecule has 0 atom stereocenters. The zero-order valence-electron chi connectivity index (χ0n) is 4.68. The number of nitrogens with one attached hydrogen (secondary N) is 1. The van der Waals surface area contributed by atoms with E-state index in [1.807, 2.05) is 6.92 Å². The number of carbonyl (C=O) groups is 1. The van der Waals surface area contributed by atoms with Crippen molar-refractivity contribution in [2.45, 2.75) is 13.3 Å². The fraction of sp³-hybridized carbons (Fsp3) is 0.750. The maximum absolute atomic E-state index is 9.59. The summed E-state index contributed by atoms with van der Waals surface area (Å²) in [6, 6.07) is 0. The molecular weight excluding hydrogens is 110 g/mol. The summed E-state index contributed by atoms with van der Waals surface area (Å²) in [6.07, 6.45) is -0.439. The van der Waals surface area contributed by atoms with E-state index in [2.05, 4.69) is 10.3 Å². The summed E-state index contributed by atoms with van der Waals surface area (Å²) in [5.41, 5.74) is 2.23. The van der Waals surface area contributed by atoms with Gasteiger partial charge in [-0.05, 0) is 6.42 Å². The Morgan fingerprint density at radius 3 is 2.88 bits per heavy atom. The highest BCUT2D eigenvalue weighted by Crippen LogP contribution is 1.71. The molecule has 0 aromatic carbocycles. The van der Waals surface area contributed by atoms with Crippen LogP contribution in [0.25, 0.3) is 0 Å². The van der Waals surface area contributed by atoms with E-state index in [4.69, 9.17) is 5.11 Å². The molecule has 0 amide bonds. The summed E-state index contributed by atoms with van der Waals surface area (Å²) in [5.74, 6) is 0. The molecule has 0 aromatic rings. The lowest BCUT2D eigenvalue weighted by molar-refractivity contribution is 0.0443. The Bertz CT molecular complexity index is 73.7. The van der Waals surface area contributed by atoms with Gasteiger partial charge in [0, 0.05) is 6.54 Å². The van der Waals surface area contributed by atoms with Crippen molar-refractivity contribution < 1.29 is 14.7 Å². The maximum atomic E-state index is 9.59. The van der Waals surface area contributed by atoms with Crippen LogP contribution in [0.2, 0.25) is 0 Å². The van der Waals surface area contributed by atoms with Crippen molar-refractivity contribution in [3.63, 3.8) is 0 Å². The summed E-state index contributed by atoms with van der Waals surface area (Å²) in [6.45, 7) is 2.48. The predicted molar refractivity (Wildman–Crippen MR) is 27.4 cm³/mol. The highest BCUT2D eigenvalue weighted by molar-refractivity contribution is 5.56. The molecule has 0 bridgehead atoms. The molecule has 0 saturated carbocycles. The topological polar surface area (TPSA) is 58.6 Å². The van der Waals surface area contributed by atoms with E-state index in [0.717, 1.165) is 6.42 Å². The Morgan fingerprint density at radius 2 is 2.50 bits per heavy atom. The molecule has 0 heterocycles. The van der Waals surface area contributed by atoms with Gasteiger partial charge in [0.15, 0.2) is 0 Å². The second-order valence-corrected chi connectivity index (χ2v) is 1.26. The molecular formula is C4H9NO3. The van der Waals surface area contributed by atoms with Gasteiger partial charge in [-0.25, -0.2) is 4.79 Å². The first kappa shape index (κ1) is 7.23. The van der Waals surface area contributed by atoms with Gasteiger partial charge in [0.25, 0.3) is 0 Å². The Morgan fingerprint density at radius 1 is 1.88 bits per heavy atom. The molecule has 0 unspecified atom stereocenters. The van der Waals surface area contributed by atoms with Crippen molar-refractivity contribution in [2.24, 2.45) is 0 Å². The number of hydrogen-bond donors (Lipinski definition) is 2. The van der Waals surface area contributed by atoms with Crippen LogP contribution in [-0.2, 0) is 4.84 Å². The quantitative estimate of drug-likeness (QED) is 0.421. The molecule has 48 valence electrons. The van der Waals surface area contributed by atoms with Crippen molar-refractivity contribution in [1.29, 1.82) is 0 Å². The van der Waals surface area contributed by atoms with Gasteiger partial charge in [-0.15, -0.1) is 0 Å². The van der Waals surface area contributed by atoms with Crippen LogP contribution >= 0.6 is 0 Å². The summed E-state index contributed by atoms with van der Waals surface area (Å²) in [4.78, 5) is 13.5. The second kappa shape index (κ2) is 4.39. The van der Waals surface area contributed by atoms with Gasteiger partial charge in [0.1, 0.15) is 0 Å². The average Bonchev–Trinajstić information content (AvgIpc) is 1.66. The van der Waals surface area contributed by atoms with E-state index >= 15 is 0 Å². The Kier molecular flexibility index (Phi) is 3.97. The molecule has 0 aromatic heterocycles. The molecule has 0 spiro atoms. The van der Waals surface area contributed by atoms with Crippen molar-refractivity contribution in [3.8, 4) is 0 Å². The third-order valence-corrected chi connectivity index (χ3v) is 0.512. The summed E-state index contributed by atoms with van der Waals surface area (Å²) in [7, 11) is 0. The van der Waals surface area contributed by atoms with Crippen LogP contribution < -0.4 is 5.48 Å². The van der Waals surface area contributed by atoms with E-state index in [-0.39, 0.29) is 0 Å². The predicted octanol–water partition coefficient (Wildman–Crippen LogP) is 0.596. The van der Waals surface area contributed by atoms with Crippen LogP contribution in [0.15, 0.2) is 0 Å². The molecule has 0 aliphatic carbocycles. The van der Waals surface area contributed by atoms with E-state index < -0.39 is 6.16 Å². The van der Waals surface area contributed by atoms with Gasteiger partial charge < -0.3 is 9.94 Å². The number of hydroxylamine groups is 1. The average molecular weight is 119 g/mol. The molecule has 0 radical (unpaired) electrons. The summed E-state index contributed by atoms with van der Waals surface area (Å²) >= 11 is 0. The summed E-state index contributed by atoms with van der Waals surface area (Å²) in [5, 5.41) is 7.86. The molecule has 0 saturated heterocycles. The van der Waals surface area contributed by atoms with E-state index in [9.17, 15) is 4.79 Å². The maximum Gasteiger partial charge on any atom is 0.525 e. The molecule has 2 N–H and O–H groups in total. The number of rotatable bonds is 3. The molecule has 0 rings (SSSR count). The van der Waals surface area contributed by atoms with Crippen LogP contribution in [0.3, 0.4) is 0 Å². The van der Waals surface area contributed by atoms with Crippen LogP contribution in [0.5, 0.6) is 0 Å². The first-order valence-corrected chi connectivity index (χ1v) is 2.40. The minimum atomic E-state index is -1.29. The number of carboxylic acid groups (broad SMARTS) is 1. The fourth-order valence-electron chi connectivity index (χ4n) is 0.215. The second-order valence-electron chi connectivity index (χ2n) is 1.26. The van der Waals surface area contributed by atoms with Gasteiger partial charge in [-0.3, -0.25) is 0 Å². The van der Waals surface area contributed by atoms with Gasteiger partial charge in [0.2, 0.25) is 0 Å². The highest BCUT2D eigenvalue weighted by Gasteiger charge is 1.90. The Labute approximate surface area is 47.4 Å². The Hall–Kier alpha value is -0.770. The van der Waals surface area contributed by atoms with Gasteiger partial charge in [-0.2, -0.15) is 5.48 Å². The lowest BCUT2D eigenvalue weighted by Crippen LogP contribution is -2.18. The van der Waals surface area contributed by atoms with Crippen LogP contribution in [-0.4, -0.2) is 17.8 Å². The highest BCUT2D eigenvalue weighted by atomic mass is 16.8. The van der Waals surface area contributed by atoms with Crippen LogP contribution in [0.4, 0.5) is 4.79 Å². The van der Waals surface area contributed by atoms with E-state index in [1.54, 1.807) is 0 Å². The van der Waals surface area contributed by atoms with Crippen LogP contribution in [0.1, 0.15) is 13.3 Å². The molecule has 4 heteroatoms. The van der Waals surface area contributed by atoms with Gasteiger partial charge in [-0.1, -0.05) is 6.92 Å². The van der Waals surface area contributed by atoms with Crippen molar-refractivity contribution in [3.05, 3.63) is 0 Å². The molecule has 8 heavy (non-hydrogen) atoms. The zero-order valence-corrected chi connectivity index (χ0v) is 4.68.